The molecule has 0 atom stereocenters. The molecule has 0 saturated heterocycles. The van der Waals surface area contributed by atoms with E-state index >= 15 is 0 Å². The van der Waals surface area contributed by atoms with E-state index in [0.717, 1.165) is 30.8 Å². The number of benzene rings is 5. The van der Waals surface area contributed by atoms with E-state index < -0.39 is 0 Å². The maximum atomic E-state index is 6.08. The lowest BCUT2D eigenvalue weighted by Gasteiger charge is -2.47. The SMILES string of the molecule is CC(C)(C)c1ccc(-c2cc(C(C)(C)C)ccc2N2c3cc4c(cc3B3c5sc6ccc(C(C)(C)C)cc6c5N(c5ccc6c(c5)C(C)(C)CCC6(C)C)c5cc(C(C)(C)C)nc2c53)C(C)(C)CCC4(C)C)cc1. The number of hydrogen-bond donors (Lipinski definition) is 0. The van der Waals surface area contributed by atoms with Crippen molar-refractivity contribution in [2.45, 2.75) is 207 Å². The number of rotatable bonds is 3. The van der Waals surface area contributed by atoms with Crippen LogP contribution in [0.1, 0.15) is 209 Å². The molecule has 5 aromatic carbocycles. The van der Waals surface area contributed by atoms with Crippen LogP contribution in [0.4, 0.5) is 34.3 Å². The first-order valence-electron chi connectivity index (χ1n) is 28.0. The van der Waals surface area contributed by atoms with E-state index in [9.17, 15) is 0 Å². The summed E-state index contributed by atoms with van der Waals surface area (Å²) in [5, 5.41) is 1.35. The van der Waals surface area contributed by atoms with Crippen molar-refractivity contribution in [3.05, 3.63) is 142 Å². The van der Waals surface area contributed by atoms with Gasteiger partial charge in [0, 0.05) is 42.9 Å². The molecule has 0 saturated carbocycles. The molecule has 384 valence electrons. The molecule has 2 aliphatic heterocycles. The van der Waals surface area contributed by atoms with E-state index in [1.165, 1.54) is 111 Å². The van der Waals surface area contributed by atoms with Gasteiger partial charge in [-0.2, -0.15) is 0 Å². The summed E-state index contributed by atoms with van der Waals surface area (Å²) >= 11 is 2.01. The molecule has 11 rings (SSSR count). The molecule has 0 unspecified atom stereocenters. The Hall–Kier alpha value is -5.13. The summed E-state index contributed by atoms with van der Waals surface area (Å²) in [7, 11) is 0. The minimum absolute atomic E-state index is 0.00364. The first kappa shape index (κ1) is 51.0. The van der Waals surface area contributed by atoms with Gasteiger partial charge in [-0.1, -0.05) is 187 Å². The number of aromatic nitrogens is 1. The van der Waals surface area contributed by atoms with Gasteiger partial charge in [-0.3, -0.25) is 4.90 Å². The maximum Gasteiger partial charge on any atom is 0.266 e. The van der Waals surface area contributed by atoms with Crippen LogP contribution in [-0.4, -0.2) is 11.7 Å². The van der Waals surface area contributed by atoms with Crippen molar-refractivity contribution in [2.75, 3.05) is 9.80 Å². The highest BCUT2D eigenvalue weighted by Gasteiger charge is 2.50. The molecule has 74 heavy (non-hydrogen) atoms. The van der Waals surface area contributed by atoms with Gasteiger partial charge in [-0.05, 0) is 168 Å². The lowest BCUT2D eigenvalue weighted by atomic mass is 9.36. The monoisotopic (exact) mass is 998 g/mol. The minimum Gasteiger partial charge on any atom is -0.310 e. The van der Waals surface area contributed by atoms with Gasteiger partial charge in [0.05, 0.1) is 17.1 Å². The van der Waals surface area contributed by atoms with Crippen molar-refractivity contribution in [3.8, 4) is 11.1 Å². The van der Waals surface area contributed by atoms with Crippen LogP contribution in [0, 0.1) is 0 Å². The second kappa shape index (κ2) is 16.2. The second-order valence-electron chi connectivity index (χ2n) is 29.9. The van der Waals surface area contributed by atoms with E-state index in [2.05, 4.69) is 245 Å². The summed E-state index contributed by atoms with van der Waals surface area (Å²) in [6.45, 7) is 47.9. The fourth-order valence-electron chi connectivity index (χ4n) is 13.1. The summed E-state index contributed by atoms with van der Waals surface area (Å²) in [5.41, 5.74) is 22.4. The van der Waals surface area contributed by atoms with E-state index in [-0.39, 0.29) is 50.0 Å². The Bertz CT molecular complexity index is 3440. The number of anilines is 6. The average molecular weight is 998 g/mol. The fourth-order valence-corrected chi connectivity index (χ4v) is 14.4. The lowest BCUT2D eigenvalue weighted by molar-refractivity contribution is 0.332. The first-order valence-corrected chi connectivity index (χ1v) is 28.8. The molecule has 0 amide bonds. The maximum absolute atomic E-state index is 6.08. The number of nitrogens with zero attached hydrogens (tertiary/aromatic N) is 3. The highest BCUT2D eigenvalue weighted by molar-refractivity contribution is 7.33. The van der Waals surface area contributed by atoms with Gasteiger partial charge in [0.2, 0.25) is 0 Å². The summed E-state index contributed by atoms with van der Waals surface area (Å²) in [5.74, 6) is 1.05. The molecule has 4 heterocycles. The third-order valence-corrected chi connectivity index (χ3v) is 19.6. The standard InChI is InChI=1S/C69H84BN3S/c1-62(2,3)42-23-21-41(22-24-42)46-35-43(63(4,5)6)25-29-53(46)73-54-39-51-50(68(17,18)33-34-69(51,19)20)38-52(54)70-58-55(40-57(65(10,11)12)71-61(58)73)72(45-27-28-48-49(37-45)67(15,16)32-31-66(48,13)14)59-47-36-44(64(7,8)9)26-30-56(47)74-60(59)70/h21-30,35-40H,31-34H2,1-20H3. The molecular weight excluding hydrogens is 914 g/mol. The Labute approximate surface area is 450 Å². The molecule has 0 fully saturated rings. The molecule has 0 radical (unpaired) electrons. The molecule has 5 heteroatoms. The Morgan fingerprint density at radius 3 is 1.58 bits per heavy atom. The average Bonchev–Trinajstić information content (AvgIpc) is 3.69. The highest BCUT2D eigenvalue weighted by atomic mass is 32.1. The van der Waals surface area contributed by atoms with Crippen molar-refractivity contribution in [2.24, 2.45) is 0 Å². The predicted octanol–water partition coefficient (Wildman–Crippen LogP) is 17.9. The van der Waals surface area contributed by atoms with Gasteiger partial charge in [0.1, 0.15) is 5.82 Å². The Morgan fingerprint density at radius 2 is 1.00 bits per heavy atom. The molecule has 2 aliphatic carbocycles. The van der Waals surface area contributed by atoms with E-state index in [1.54, 1.807) is 0 Å². The molecule has 0 bridgehead atoms. The van der Waals surface area contributed by atoms with Crippen molar-refractivity contribution in [3.63, 3.8) is 0 Å². The van der Waals surface area contributed by atoms with Crippen LogP contribution in [0.25, 0.3) is 21.2 Å². The van der Waals surface area contributed by atoms with Crippen LogP contribution in [0.5, 0.6) is 0 Å². The van der Waals surface area contributed by atoms with Gasteiger partial charge in [0.25, 0.3) is 6.71 Å². The number of fused-ring (bicyclic) bond motifs is 8. The van der Waals surface area contributed by atoms with Crippen LogP contribution in [-0.2, 0) is 43.3 Å². The molecule has 0 N–H and O–H groups in total. The van der Waals surface area contributed by atoms with Crippen LogP contribution in [0.15, 0.2) is 97.1 Å². The number of thiophene rings is 1. The summed E-state index contributed by atoms with van der Waals surface area (Å²) in [4.78, 5) is 11.4. The zero-order valence-corrected chi connectivity index (χ0v) is 49.7. The van der Waals surface area contributed by atoms with E-state index in [0.29, 0.717) is 0 Å². The molecule has 0 spiro atoms. The zero-order chi connectivity index (χ0) is 53.4. The minimum atomic E-state index is -0.250. The van der Waals surface area contributed by atoms with Gasteiger partial charge in [-0.15, -0.1) is 11.3 Å². The van der Waals surface area contributed by atoms with Crippen LogP contribution in [0.3, 0.4) is 0 Å². The van der Waals surface area contributed by atoms with Crippen molar-refractivity contribution in [1.29, 1.82) is 0 Å². The van der Waals surface area contributed by atoms with Gasteiger partial charge < -0.3 is 4.90 Å². The molecule has 3 nitrogen and oxygen atoms in total. The Morgan fingerprint density at radius 1 is 0.473 bits per heavy atom. The van der Waals surface area contributed by atoms with Crippen LogP contribution < -0.4 is 25.5 Å². The highest BCUT2D eigenvalue weighted by Crippen LogP contribution is 2.55. The van der Waals surface area contributed by atoms with Gasteiger partial charge >= 0.3 is 0 Å². The van der Waals surface area contributed by atoms with Gasteiger partial charge in [-0.25, -0.2) is 4.98 Å². The molecular formula is C69H84BN3S. The predicted molar refractivity (Wildman–Crippen MR) is 324 cm³/mol. The van der Waals surface area contributed by atoms with Crippen LogP contribution in [0.2, 0.25) is 0 Å². The largest absolute Gasteiger partial charge is 0.310 e. The second-order valence-corrected chi connectivity index (χ2v) is 31.0. The quantitative estimate of drug-likeness (QED) is 0.164. The Balaban J connectivity index is 1.31. The third kappa shape index (κ3) is 8.05. The zero-order valence-electron chi connectivity index (χ0n) is 48.9. The van der Waals surface area contributed by atoms with Crippen molar-refractivity contribution < 1.29 is 0 Å². The van der Waals surface area contributed by atoms with Crippen molar-refractivity contribution in [1.82, 2.24) is 4.98 Å². The lowest BCUT2D eigenvalue weighted by Crippen LogP contribution is -2.61. The summed E-state index contributed by atoms with van der Waals surface area (Å²) < 4.78 is 2.75. The number of hydrogen-bond acceptors (Lipinski definition) is 4. The van der Waals surface area contributed by atoms with E-state index in [4.69, 9.17) is 4.98 Å². The summed E-state index contributed by atoms with van der Waals surface area (Å²) in [6.07, 6.45) is 4.65. The van der Waals surface area contributed by atoms with Crippen molar-refractivity contribution >= 4 is 78.1 Å². The topological polar surface area (TPSA) is 19.4 Å². The molecule has 7 aromatic rings. The van der Waals surface area contributed by atoms with Gasteiger partial charge in [0.15, 0.2) is 0 Å². The fraction of sp³-hybridized carbons (Fsp3) is 0.464. The molecule has 4 aliphatic rings. The summed E-state index contributed by atoms with van der Waals surface area (Å²) in [6, 6.07) is 39.6. The molecule has 2 aromatic heterocycles. The first-order chi connectivity index (χ1) is 34.2. The van der Waals surface area contributed by atoms with E-state index in [1.807, 2.05) is 11.3 Å². The Kier molecular flexibility index (Phi) is 11.2. The van der Waals surface area contributed by atoms with Crippen LogP contribution >= 0.6 is 11.3 Å². The third-order valence-electron chi connectivity index (χ3n) is 18.4. The number of pyridine rings is 1. The normalized spacial score (nSPS) is 18.4. The smallest absolute Gasteiger partial charge is 0.266 e.